The van der Waals surface area contributed by atoms with Crippen LogP contribution in [0.1, 0.15) is 29.0 Å². The van der Waals surface area contributed by atoms with Gasteiger partial charge in [0, 0.05) is 18.7 Å². The lowest BCUT2D eigenvalue weighted by Gasteiger charge is -2.30. The van der Waals surface area contributed by atoms with Gasteiger partial charge in [-0.3, -0.25) is 4.90 Å². The van der Waals surface area contributed by atoms with Gasteiger partial charge in [0.2, 0.25) is 0 Å². The molecule has 0 unspecified atom stereocenters. The minimum atomic E-state index is 0.00348. The summed E-state index contributed by atoms with van der Waals surface area (Å²) in [6.45, 7) is 1.94. The summed E-state index contributed by atoms with van der Waals surface area (Å²) in [5, 5.41) is 0. The number of hydrogen-bond donors (Lipinski definition) is 0. The SMILES string of the molecule is COc1cc2c(cc1OC)[C@H]1O[C@H](c3ccccc3)CN1CC2. The average molecular weight is 311 g/mol. The third-order valence-electron chi connectivity index (χ3n) is 4.78. The molecule has 4 heteroatoms. The second kappa shape index (κ2) is 5.87. The fourth-order valence-corrected chi connectivity index (χ4v) is 3.57. The Kier molecular flexibility index (Phi) is 3.71. The zero-order chi connectivity index (χ0) is 15.8. The van der Waals surface area contributed by atoms with Gasteiger partial charge in [-0.25, -0.2) is 0 Å². The Morgan fingerprint density at radius 3 is 2.52 bits per heavy atom. The smallest absolute Gasteiger partial charge is 0.161 e. The molecule has 0 spiro atoms. The summed E-state index contributed by atoms with van der Waals surface area (Å²) in [5.41, 5.74) is 3.73. The van der Waals surface area contributed by atoms with Gasteiger partial charge in [0.05, 0.1) is 20.3 Å². The summed E-state index contributed by atoms with van der Waals surface area (Å²) in [6, 6.07) is 14.6. The summed E-state index contributed by atoms with van der Waals surface area (Å²) in [4.78, 5) is 2.41. The van der Waals surface area contributed by atoms with E-state index in [9.17, 15) is 0 Å². The highest BCUT2D eigenvalue weighted by molar-refractivity contribution is 5.49. The van der Waals surface area contributed by atoms with E-state index >= 15 is 0 Å². The van der Waals surface area contributed by atoms with E-state index < -0.39 is 0 Å². The predicted molar refractivity (Wildman–Crippen MR) is 87.8 cm³/mol. The van der Waals surface area contributed by atoms with Gasteiger partial charge in [-0.15, -0.1) is 0 Å². The van der Waals surface area contributed by atoms with E-state index in [1.54, 1.807) is 14.2 Å². The third-order valence-corrected chi connectivity index (χ3v) is 4.78. The molecule has 2 aromatic rings. The highest BCUT2D eigenvalue weighted by atomic mass is 16.5. The molecule has 0 bridgehead atoms. The van der Waals surface area contributed by atoms with Gasteiger partial charge in [-0.2, -0.15) is 0 Å². The van der Waals surface area contributed by atoms with Crippen LogP contribution in [0.25, 0.3) is 0 Å². The van der Waals surface area contributed by atoms with Gasteiger partial charge in [0.15, 0.2) is 11.5 Å². The number of ether oxygens (including phenoxy) is 3. The Morgan fingerprint density at radius 2 is 1.78 bits per heavy atom. The molecule has 2 heterocycles. The van der Waals surface area contributed by atoms with Crippen LogP contribution in [0.2, 0.25) is 0 Å². The van der Waals surface area contributed by atoms with Crippen LogP contribution < -0.4 is 9.47 Å². The first-order valence-corrected chi connectivity index (χ1v) is 7.99. The fourth-order valence-electron chi connectivity index (χ4n) is 3.57. The molecule has 23 heavy (non-hydrogen) atoms. The maximum absolute atomic E-state index is 6.38. The Balaban J connectivity index is 1.67. The molecule has 1 fully saturated rings. The molecule has 0 N–H and O–H groups in total. The van der Waals surface area contributed by atoms with Crippen molar-refractivity contribution in [2.75, 3.05) is 27.3 Å². The largest absolute Gasteiger partial charge is 0.493 e. The number of fused-ring (bicyclic) bond motifs is 3. The van der Waals surface area contributed by atoms with Crippen molar-refractivity contribution in [1.82, 2.24) is 4.90 Å². The molecule has 0 aliphatic carbocycles. The molecule has 0 amide bonds. The van der Waals surface area contributed by atoms with E-state index in [2.05, 4.69) is 41.3 Å². The molecule has 4 rings (SSSR count). The minimum absolute atomic E-state index is 0.00348. The third kappa shape index (κ3) is 2.48. The van der Waals surface area contributed by atoms with Crippen LogP contribution in [-0.4, -0.2) is 32.2 Å². The molecule has 0 aromatic heterocycles. The molecule has 0 saturated carbocycles. The summed E-state index contributed by atoms with van der Waals surface area (Å²) in [5.74, 6) is 1.55. The first kappa shape index (κ1) is 14.5. The minimum Gasteiger partial charge on any atom is -0.493 e. The van der Waals surface area contributed by atoms with Crippen LogP contribution in [0.3, 0.4) is 0 Å². The van der Waals surface area contributed by atoms with Crippen LogP contribution in [0.4, 0.5) is 0 Å². The van der Waals surface area contributed by atoms with E-state index in [1.165, 1.54) is 16.7 Å². The first-order chi connectivity index (χ1) is 11.3. The lowest BCUT2D eigenvalue weighted by Crippen LogP contribution is -2.31. The molecule has 1 saturated heterocycles. The number of nitrogens with zero attached hydrogens (tertiary/aromatic N) is 1. The van der Waals surface area contributed by atoms with Gasteiger partial charge in [-0.1, -0.05) is 30.3 Å². The second-order valence-corrected chi connectivity index (χ2v) is 6.04. The van der Waals surface area contributed by atoms with Gasteiger partial charge in [0.1, 0.15) is 6.23 Å². The molecule has 2 aliphatic heterocycles. The van der Waals surface area contributed by atoms with Crippen molar-refractivity contribution in [2.45, 2.75) is 18.8 Å². The summed E-state index contributed by atoms with van der Waals surface area (Å²) in [7, 11) is 3.35. The molecule has 2 aliphatic rings. The van der Waals surface area contributed by atoms with Crippen LogP contribution in [0, 0.1) is 0 Å². The van der Waals surface area contributed by atoms with Crippen LogP contribution >= 0.6 is 0 Å². The standard InChI is InChI=1S/C19H21NO3/c1-21-16-10-14-8-9-20-12-18(13-6-4-3-5-7-13)23-19(20)15(14)11-17(16)22-2/h3-7,10-11,18-19H,8-9,12H2,1-2H3/t18-,19+/m0/s1. The second-order valence-electron chi connectivity index (χ2n) is 6.04. The van der Waals surface area contributed by atoms with Crippen molar-refractivity contribution in [3.63, 3.8) is 0 Å². The van der Waals surface area contributed by atoms with Crippen molar-refractivity contribution < 1.29 is 14.2 Å². The molecule has 0 radical (unpaired) electrons. The number of rotatable bonds is 3. The Labute approximate surface area is 136 Å². The van der Waals surface area contributed by atoms with E-state index in [1.807, 2.05) is 6.07 Å². The molecular weight excluding hydrogens is 290 g/mol. The quantitative estimate of drug-likeness (QED) is 0.870. The van der Waals surface area contributed by atoms with Crippen molar-refractivity contribution in [3.05, 3.63) is 59.2 Å². The normalized spacial score (nSPS) is 23.2. The van der Waals surface area contributed by atoms with Crippen molar-refractivity contribution in [1.29, 1.82) is 0 Å². The molecule has 4 nitrogen and oxygen atoms in total. The van der Waals surface area contributed by atoms with Crippen molar-refractivity contribution >= 4 is 0 Å². The highest BCUT2D eigenvalue weighted by Gasteiger charge is 2.38. The number of methoxy groups -OCH3 is 2. The molecular formula is C19H21NO3. The topological polar surface area (TPSA) is 30.9 Å². The van der Waals surface area contributed by atoms with Gasteiger partial charge < -0.3 is 14.2 Å². The maximum Gasteiger partial charge on any atom is 0.161 e. The Morgan fingerprint density at radius 1 is 1.04 bits per heavy atom. The highest BCUT2D eigenvalue weighted by Crippen LogP contribution is 2.44. The molecule has 2 atom stereocenters. The summed E-state index contributed by atoms with van der Waals surface area (Å²) < 4.78 is 17.3. The lowest BCUT2D eigenvalue weighted by atomic mass is 9.97. The van der Waals surface area contributed by atoms with Crippen LogP contribution in [0.5, 0.6) is 11.5 Å². The number of benzene rings is 2. The van der Waals surface area contributed by atoms with Gasteiger partial charge >= 0.3 is 0 Å². The monoisotopic (exact) mass is 311 g/mol. The molecule has 2 aromatic carbocycles. The zero-order valence-electron chi connectivity index (χ0n) is 13.5. The van der Waals surface area contributed by atoms with Gasteiger partial charge in [-0.05, 0) is 29.7 Å². The van der Waals surface area contributed by atoms with Gasteiger partial charge in [0.25, 0.3) is 0 Å². The fraction of sp³-hybridized carbons (Fsp3) is 0.368. The average Bonchev–Trinajstić information content (AvgIpc) is 3.06. The van der Waals surface area contributed by atoms with Crippen LogP contribution in [-0.2, 0) is 11.2 Å². The first-order valence-electron chi connectivity index (χ1n) is 7.99. The predicted octanol–water partition coefficient (Wildman–Crippen LogP) is 3.33. The lowest BCUT2D eigenvalue weighted by molar-refractivity contribution is -0.00779. The van der Waals surface area contributed by atoms with Crippen molar-refractivity contribution in [3.8, 4) is 11.5 Å². The van der Waals surface area contributed by atoms with Crippen LogP contribution in [0.15, 0.2) is 42.5 Å². The Hall–Kier alpha value is -2.04. The number of hydrogen-bond acceptors (Lipinski definition) is 4. The van der Waals surface area contributed by atoms with E-state index in [-0.39, 0.29) is 12.3 Å². The van der Waals surface area contributed by atoms with E-state index in [4.69, 9.17) is 14.2 Å². The zero-order valence-corrected chi connectivity index (χ0v) is 13.5. The van der Waals surface area contributed by atoms with E-state index in [0.717, 1.165) is 31.0 Å². The van der Waals surface area contributed by atoms with Crippen molar-refractivity contribution in [2.24, 2.45) is 0 Å². The maximum atomic E-state index is 6.38. The molecule has 120 valence electrons. The summed E-state index contributed by atoms with van der Waals surface area (Å²) >= 11 is 0. The Bertz CT molecular complexity index is 701. The van der Waals surface area contributed by atoms with E-state index in [0.29, 0.717) is 0 Å². The summed E-state index contributed by atoms with van der Waals surface area (Å²) in [6.07, 6.45) is 1.14.